The van der Waals surface area contributed by atoms with Gasteiger partial charge in [0.15, 0.2) is 0 Å². The lowest BCUT2D eigenvalue weighted by molar-refractivity contribution is 0.579. The highest BCUT2D eigenvalue weighted by Crippen LogP contribution is 2.30. The van der Waals surface area contributed by atoms with Crippen molar-refractivity contribution in [3.05, 3.63) is 15.4 Å². The van der Waals surface area contributed by atoms with Crippen molar-refractivity contribution in [2.45, 2.75) is 36.3 Å². The van der Waals surface area contributed by atoms with Crippen LogP contribution in [0.5, 0.6) is 0 Å². The van der Waals surface area contributed by atoms with Gasteiger partial charge in [-0.1, -0.05) is 13.3 Å². The van der Waals surface area contributed by atoms with E-state index in [2.05, 4.69) is 20.7 Å². The molecule has 0 aliphatic rings. The number of aryl methyl sites for hydroxylation is 1. The van der Waals surface area contributed by atoms with Crippen molar-refractivity contribution >= 4 is 48.9 Å². The zero-order valence-electron chi connectivity index (χ0n) is 9.66. The number of alkyl halides is 1. The van der Waals surface area contributed by atoms with E-state index in [0.717, 1.165) is 22.2 Å². The molecule has 1 N–H and O–H groups in total. The highest BCUT2D eigenvalue weighted by Gasteiger charge is 2.19. The number of halogens is 2. The Balaban J connectivity index is 2.69. The second kappa shape index (κ2) is 6.52. The van der Waals surface area contributed by atoms with E-state index in [-0.39, 0.29) is 11.9 Å². The summed E-state index contributed by atoms with van der Waals surface area (Å²) in [6.45, 7) is 4.15. The smallest absolute Gasteiger partial charge is 0.209 e. The van der Waals surface area contributed by atoms with Gasteiger partial charge in [-0.05, 0) is 40.9 Å². The van der Waals surface area contributed by atoms with Gasteiger partial charge in [-0.25, -0.2) is 13.1 Å². The molecule has 7 heteroatoms. The lowest BCUT2D eigenvalue weighted by Crippen LogP contribution is -2.29. The van der Waals surface area contributed by atoms with Crippen LogP contribution in [0.3, 0.4) is 0 Å². The second-order valence-electron chi connectivity index (χ2n) is 3.76. The first kappa shape index (κ1) is 15.4. The van der Waals surface area contributed by atoms with E-state index >= 15 is 0 Å². The summed E-state index contributed by atoms with van der Waals surface area (Å²) < 4.78 is 27.5. The minimum absolute atomic E-state index is 0.153. The van der Waals surface area contributed by atoms with Crippen LogP contribution in [0.15, 0.2) is 14.1 Å². The van der Waals surface area contributed by atoms with Crippen LogP contribution >= 0.6 is 38.9 Å². The summed E-state index contributed by atoms with van der Waals surface area (Å²) in [7, 11) is -3.42. The lowest BCUT2D eigenvalue weighted by atomic mass is 10.2. The van der Waals surface area contributed by atoms with Crippen molar-refractivity contribution in [1.82, 2.24) is 4.72 Å². The van der Waals surface area contributed by atoms with Crippen LogP contribution in [0.2, 0.25) is 0 Å². The molecule has 1 atom stereocenters. The van der Waals surface area contributed by atoms with Gasteiger partial charge in [0.05, 0.1) is 3.79 Å². The van der Waals surface area contributed by atoms with Gasteiger partial charge in [0.25, 0.3) is 0 Å². The third-order valence-electron chi connectivity index (χ3n) is 2.20. The third kappa shape index (κ3) is 4.52. The Morgan fingerprint density at radius 2 is 2.24 bits per heavy atom. The maximum atomic E-state index is 11.9. The summed E-state index contributed by atoms with van der Waals surface area (Å²) in [5.74, 6) is 0. The van der Waals surface area contributed by atoms with Crippen LogP contribution in [0.4, 0.5) is 0 Å². The van der Waals surface area contributed by atoms with E-state index in [1.807, 2.05) is 13.8 Å². The Morgan fingerprint density at radius 1 is 1.59 bits per heavy atom. The average Bonchev–Trinajstić information content (AvgIpc) is 2.58. The second-order valence-corrected chi connectivity index (χ2v) is 8.74. The minimum Gasteiger partial charge on any atom is -0.209 e. The standard InChI is InChI=1S/C10H15BrClNO2S2/c1-3-4-8(12)6-13-17(14,15)9-5-7(2)10(11)16-9/h5,8,13H,3-4,6H2,1-2H3. The monoisotopic (exact) mass is 359 g/mol. The first-order chi connectivity index (χ1) is 7.86. The van der Waals surface area contributed by atoms with Crippen LogP contribution in [0.25, 0.3) is 0 Å². The molecule has 1 rings (SSSR count). The highest BCUT2D eigenvalue weighted by atomic mass is 79.9. The van der Waals surface area contributed by atoms with E-state index in [0.29, 0.717) is 4.21 Å². The van der Waals surface area contributed by atoms with Gasteiger partial charge in [0, 0.05) is 11.9 Å². The average molecular weight is 361 g/mol. The molecule has 1 aromatic heterocycles. The summed E-state index contributed by atoms with van der Waals surface area (Å²) >= 11 is 10.5. The molecule has 17 heavy (non-hydrogen) atoms. The first-order valence-electron chi connectivity index (χ1n) is 5.26. The van der Waals surface area contributed by atoms with Gasteiger partial charge in [-0.3, -0.25) is 0 Å². The van der Waals surface area contributed by atoms with E-state index in [1.165, 1.54) is 11.3 Å². The summed E-state index contributed by atoms with van der Waals surface area (Å²) in [5.41, 5.74) is 0.923. The van der Waals surface area contributed by atoms with E-state index in [9.17, 15) is 8.42 Å². The number of nitrogens with one attached hydrogen (secondary N) is 1. The molecule has 0 amide bonds. The number of sulfonamides is 1. The quantitative estimate of drug-likeness (QED) is 0.789. The Hall–Kier alpha value is 0.380. The first-order valence-corrected chi connectivity index (χ1v) is 8.79. The molecular weight excluding hydrogens is 346 g/mol. The molecular formula is C10H15BrClNO2S2. The van der Waals surface area contributed by atoms with Crippen molar-refractivity contribution in [1.29, 1.82) is 0 Å². The van der Waals surface area contributed by atoms with Gasteiger partial charge in [0.2, 0.25) is 10.0 Å². The molecule has 0 aliphatic heterocycles. The third-order valence-corrected chi connectivity index (χ3v) is 6.60. The topological polar surface area (TPSA) is 46.2 Å². The van der Waals surface area contributed by atoms with Crippen molar-refractivity contribution in [3.8, 4) is 0 Å². The van der Waals surface area contributed by atoms with E-state index < -0.39 is 10.0 Å². The summed E-state index contributed by atoms with van der Waals surface area (Å²) in [4.78, 5) is 0. The lowest BCUT2D eigenvalue weighted by Gasteiger charge is -2.09. The van der Waals surface area contributed by atoms with Gasteiger partial charge < -0.3 is 0 Å². The normalized spacial score (nSPS) is 13.9. The van der Waals surface area contributed by atoms with E-state index in [1.54, 1.807) is 6.07 Å². The minimum atomic E-state index is -3.42. The molecule has 3 nitrogen and oxygen atoms in total. The summed E-state index contributed by atoms with van der Waals surface area (Å²) in [6, 6.07) is 1.65. The molecule has 0 fully saturated rings. The molecule has 0 bridgehead atoms. The zero-order chi connectivity index (χ0) is 13.1. The number of rotatable bonds is 6. The van der Waals surface area contributed by atoms with Gasteiger partial charge in [-0.15, -0.1) is 22.9 Å². The van der Waals surface area contributed by atoms with Gasteiger partial charge >= 0.3 is 0 Å². The highest BCUT2D eigenvalue weighted by molar-refractivity contribution is 9.11. The van der Waals surface area contributed by atoms with Crippen molar-refractivity contribution in [2.75, 3.05) is 6.54 Å². The fraction of sp³-hybridized carbons (Fsp3) is 0.600. The van der Waals surface area contributed by atoms with Gasteiger partial charge in [-0.2, -0.15) is 0 Å². The number of hydrogen-bond acceptors (Lipinski definition) is 3. The van der Waals surface area contributed by atoms with Crippen LogP contribution in [0, 0.1) is 6.92 Å². The SMILES string of the molecule is CCCC(Cl)CNS(=O)(=O)c1cc(C)c(Br)s1. The predicted molar refractivity (Wildman–Crippen MR) is 76.5 cm³/mol. The fourth-order valence-corrected chi connectivity index (χ4v) is 4.99. The summed E-state index contributed by atoms with van der Waals surface area (Å²) in [5, 5.41) is -0.153. The Kier molecular flexibility index (Phi) is 5.92. The fourth-order valence-electron chi connectivity index (χ4n) is 1.25. The van der Waals surface area contributed by atoms with Crippen LogP contribution < -0.4 is 4.72 Å². The van der Waals surface area contributed by atoms with Crippen molar-refractivity contribution < 1.29 is 8.42 Å². The maximum Gasteiger partial charge on any atom is 0.250 e. The largest absolute Gasteiger partial charge is 0.250 e. The molecule has 0 radical (unpaired) electrons. The van der Waals surface area contributed by atoms with Crippen LogP contribution in [-0.4, -0.2) is 20.3 Å². The molecule has 0 aliphatic carbocycles. The molecule has 0 spiro atoms. The molecule has 0 saturated carbocycles. The van der Waals surface area contributed by atoms with E-state index in [4.69, 9.17) is 11.6 Å². The maximum absolute atomic E-state index is 11.9. The molecule has 1 aromatic rings. The Labute approximate surface area is 120 Å². The zero-order valence-corrected chi connectivity index (χ0v) is 13.6. The number of thiophene rings is 1. The van der Waals surface area contributed by atoms with Crippen molar-refractivity contribution in [2.24, 2.45) is 0 Å². The Morgan fingerprint density at radius 3 is 2.71 bits per heavy atom. The molecule has 1 unspecified atom stereocenters. The van der Waals surface area contributed by atoms with Gasteiger partial charge in [0.1, 0.15) is 4.21 Å². The number of hydrogen-bond donors (Lipinski definition) is 1. The molecule has 0 saturated heterocycles. The molecule has 0 aromatic carbocycles. The van der Waals surface area contributed by atoms with Crippen LogP contribution in [0.1, 0.15) is 25.3 Å². The molecule has 1 heterocycles. The predicted octanol–water partition coefficient (Wildman–Crippen LogP) is 3.50. The molecule has 98 valence electrons. The van der Waals surface area contributed by atoms with Crippen molar-refractivity contribution in [3.63, 3.8) is 0 Å². The summed E-state index contributed by atoms with van der Waals surface area (Å²) in [6.07, 6.45) is 1.75. The Bertz CT molecular complexity index is 453. The van der Waals surface area contributed by atoms with Crippen LogP contribution in [-0.2, 0) is 10.0 Å².